The predicted octanol–water partition coefficient (Wildman–Crippen LogP) is 2.18. The largest absolute Gasteiger partial charge is 0.416 e. The normalized spacial score (nSPS) is 11.8. The second-order valence-electron chi connectivity index (χ2n) is 3.45. The van der Waals surface area contributed by atoms with Crippen LogP contribution in [0.2, 0.25) is 0 Å². The van der Waals surface area contributed by atoms with Gasteiger partial charge >= 0.3 is 6.18 Å². The molecule has 0 aromatic heterocycles. The van der Waals surface area contributed by atoms with Crippen LogP contribution in [0.4, 0.5) is 13.2 Å². The van der Waals surface area contributed by atoms with Crippen molar-refractivity contribution in [3.63, 3.8) is 0 Å². The van der Waals surface area contributed by atoms with Crippen molar-refractivity contribution in [1.29, 1.82) is 0 Å². The van der Waals surface area contributed by atoms with Crippen LogP contribution in [-0.2, 0) is 12.7 Å². The van der Waals surface area contributed by atoms with Gasteiger partial charge in [-0.25, -0.2) is 0 Å². The highest BCUT2D eigenvalue weighted by Gasteiger charge is 2.29. The summed E-state index contributed by atoms with van der Waals surface area (Å²) in [5, 5.41) is 11.5. The highest BCUT2D eigenvalue weighted by Crippen LogP contribution is 2.28. The molecule has 0 aliphatic heterocycles. The van der Waals surface area contributed by atoms with Gasteiger partial charge in [0.2, 0.25) is 0 Å². The van der Waals surface area contributed by atoms with E-state index in [9.17, 15) is 13.2 Å². The van der Waals surface area contributed by atoms with E-state index in [1.54, 1.807) is 0 Å². The van der Waals surface area contributed by atoms with Gasteiger partial charge in [-0.2, -0.15) is 13.2 Å². The number of hydrogen-bond donors (Lipinski definition) is 2. The van der Waals surface area contributed by atoms with Crippen molar-refractivity contribution in [3.8, 4) is 0 Å². The van der Waals surface area contributed by atoms with Crippen molar-refractivity contribution in [1.82, 2.24) is 5.32 Å². The Morgan fingerprint density at radius 3 is 2.25 bits per heavy atom. The first kappa shape index (κ1) is 13.0. The lowest BCUT2D eigenvalue weighted by Crippen LogP contribution is -2.15. The first-order valence-corrected chi connectivity index (χ1v) is 5.02. The van der Waals surface area contributed by atoms with E-state index in [0.29, 0.717) is 19.5 Å². The molecule has 0 saturated heterocycles. The predicted molar refractivity (Wildman–Crippen MR) is 54.9 cm³/mol. The van der Waals surface area contributed by atoms with Crippen LogP contribution in [0.3, 0.4) is 0 Å². The Morgan fingerprint density at radius 1 is 1.12 bits per heavy atom. The SMILES string of the molecule is OCCCNCc1ccc(C(F)(F)F)cc1. The van der Waals surface area contributed by atoms with Gasteiger partial charge in [-0.1, -0.05) is 12.1 Å². The molecule has 0 fully saturated rings. The van der Waals surface area contributed by atoms with E-state index in [-0.39, 0.29) is 6.61 Å². The lowest BCUT2D eigenvalue weighted by atomic mass is 10.1. The monoisotopic (exact) mass is 233 g/mol. The fourth-order valence-corrected chi connectivity index (χ4v) is 1.25. The lowest BCUT2D eigenvalue weighted by molar-refractivity contribution is -0.137. The van der Waals surface area contributed by atoms with E-state index in [1.807, 2.05) is 0 Å². The minimum atomic E-state index is -4.27. The van der Waals surface area contributed by atoms with Crippen LogP contribution in [0.1, 0.15) is 17.5 Å². The Morgan fingerprint density at radius 2 is 1.75 bits per heavy atom. The average molecular weight is 233 g/mol. The van der Waals surface area contributed by atoms with Crippen molar-refractivity contribution < 1.29 is 18.3 Å². The van der Waals surface area contributed by atoms with Gasteiger partial charge in [-0.15, -0.1) is 0 Å². The van der Waals surface area contributed by atoms with E-state index in [0.717, 1.165) is 17.7 Å². The number of rotatable bonds is 5. The van der Waals surface area contributed by atoms with Crippen molar-refractivity contribution >= 4 is 0 Å². The third kappa shape index (κ3) is 4.20. The number of nitrogens with one attached hydrogen (secondary N) is 1. The Kier molecular flexibility index (Phi) is 4.76. The minimum Gasteiger partial charge on any atom is -0.396 e. The van der Waals surface area contributed by atoms with E-state index >= 15 is 0 Å². The van der Waals surface area contributed by atoms with Gasteiger partial charge in [0.15, 0.2) is 0 Å². The maximum absolute atomic E-state index is 12.2. The molecule has 16 heavy (non-hydrogen) atoms. The van der Waals surface area contributed by atoms with Gasteiger partial charge in [-0.3, -0.25) is 0 Å². The molecule has 0 bridgehead atoms. The molecule has 0 radical (unpaired) electrons. The highest BCUT2D eigenvalue weighted by molar-refractivity contribution is 5.24. The van der Waals surface area contributed by atoms with E-state index in [1.165, 1.54) is 12.1 Å². The number of alkyl halides is 3. The van der Waals surface area contributed by atoms with Gasteiger partial charge in [0.25, 0.3) is 0 Å². The lowest BCUT2D eigenvalue weighted by Gasteiger charge is -2.08. The third-order valence-corrected chi connectivity index (χ3v) is 2.12. The van der Waals surface area contributed by atoms with E-state index in [4.69, 9.17) is 5.11 Å². The minimum absolute atomic E-state index is 0.111. The van der Waals surface area contributed by atoms with Gasteiger partial charge < -0.3 is 10.4 Å². The second-order valence-corrected chi connectivity index (χ2v) is 3.45. The Hall–Kier alpha value is -1.07. The van der Waals surface area contributed by atoms with Crippen LogP contribution in [0.25, 0.3) is 0 Å². The zero-order valence-electron chi connectivity index (χ0n) is 8.72. The fourth-order valence-electron chi connectivity index (χ4n) is 1.25. The number of hydrogen-bond acceptors (Lipinski definition) is 2. The molecule has 2 N–H and O–H groups in total. The number of halogens is 3. The molecule has 0 unspecified atom stereocenters. The standard InChI is InChI=1S/C11H14F3NO/c12-11(13,14)10-4-2-9(3-5-10)8-15-6-1-7-16/h2-5,15-16H,1,6-8H2. The van der Waals surface area contributed by atoms with Gasteiger partial charge in [0.05, 0.1) is 5.56 Å². The summed E-state index contributed by atoms with van der Waals surface area (Å²) in [5.41, 5.74) is 0.164. The molecule has 0 heterocycles. The van der Waals surface area contributed by atoms with Crippen molar-refractivity contribution in [2.24, 2.45) is 0 Å². The Balaban J connectivity index is 2.46. The molecule has 1 aromatic rings. The zero-order valence-corrected chi connectivity index (χ0v) is 8.72. The second kappa shape index (κ2) is 5.86. The topological polar surface area (TPSA) is 32.3 Å². The molecule has 2 nitrogen and oxygen atoms in total. The van der Waals surface area contributed by atoms with Crippen molar-refractivity contribution in [3.05, 3.63) is 35.4 Å². The maximum Gasteiger partial charge on any atom is 0.416 e. The third-order valence-electron chi connectivity index (χ3n) is 2.12. The summed E-state index contributed by atoms with van der Waals surface area (Å²) in [7, 11) is 0. The first-order valence-electron chi connectivity index (χ1n) is 5.02. The molecule has 0 spiro atoms. The number of benzene rings is 1. The summed E-state index contributed by atoms with van der Waals surface area (Å²) in [5.74, 6) is 0. The quantitative estimate of drug-likeness (QED) is 0.764. The summed E-state index contributed by atoms with van der Waals surface area (Å²) in [6.07, 6.45) is -3.64. The first-order chi connectivity index (χ1) is 7.54. The van der Waals surface area contributed by atoms with Crippen LogP contribution in [0.15, 0.2) is 24.3 Å². The van der Waals surface area contributed by atoms with Crippen molar-refractivity contribution in [2.75, 3.05) is 13.2 Å². The van der Waals surface area contributed by atoms with Crippen LogP contribution in [0.5, 0.6) is 0 Å². The summed E-state index contributed by atoms with van der Waals surface area (Å²) in [4.78, 5) is 0. The van der Waals surface area contributed by atoms with Crippen LogP contribution >= 0.6 is 0 Å². The molecule has 90 valence electrons. The molecule has 5 heteroatoms. The van der Waals surface area contributed by atoms with E-state index < -0.39 is 11.7 Å². The number of aliphatic hydroxyl groups is 1. The molecular formula is C11H14F3NO. The van der Waals surface area contributed by atoms with Crippen LogP contribution in [-0.4, -0.2) is 18.3 Å². The average Bonchev–Trinajstić information content (AvgIpc) is 2.24. The Labute approximate surface area is 92.1 Å². The summed E-state index contributed by atoms with van der Waals surface area (Å²) < 4.78 is 36.7. The summed E-state index contributed by atoms with van der Waals surface area (Å²) >= 11 is 0. The Bertz CT molecular complexity index is 308. The van der Waals surface area contributed by atoms with Crippen molar-refractivity contribution in [2.45, 2.75) is 19.1 Å². The molecule has 0 atom stereocenters. The smallest absolute Gasteiger partial charge is 0.396 e. The van der Waals surface area contributed by atoms with Crippen LogP contribution in [0, 0.1) is 0 Å². The highest BCUT2D eigenvalue weighted by atomic mass is 19.4. The van der Waals surface area contributed by atoms with Gasteiger partial charge in [0, 0.05) is 13.2 Å². The molecule has 1 rings (SSSR count). The van der Waals surface area contributed by atoms with Crippen LogP contribution < -0.4 is 5.32 Å². The van der Waals surface area contributed by atoms with E-state index in [2.05, 4.69) is 5.32 Å². The molecule has 1 aromatic carbocycles. The molecular weight excluding hydrogens is 219 g/mol. The summed E-state index contributed by atoms with van der Waals surface area (Å²) in [6.45, 7) is 1.27. The maximum atomic E-state index is 12.2. The molecule has 0 aliphatic carbocycles. The zero-order chi connectivity index (χ0) is 12.0. The molecule has 0 aliphatic rings. The van der Waals surface area contributed by atoms with Gasteiger partial charge in [0.1, 0.15) is 0 Å². The number of aliphatic hydroxyl groups excluding tert-OH is 1. The molecule has 0 amide bonds. The molecule has 0 saturated carbocycles. The fraction of sp³-hybridized carbons (Fsp3) is 0.455. The summed E-state index contributed by atoms with van der Waals surface area (Å²) in [6, 6.07) is 5.05. The van der Waals surface area contributed by atoms with Gasteiger partial charge in [-0.05, 0) is 30.7 Å².